The maximum absolute atomic E-state index is 12.3. The van der Waals surface area contributed by atoms with Gasteiger partial charge in [-0.15, -0.1) is 0 Å². The number of hydrogen-bond acceptors (Lipinski definition) is 3. The minimum atomic E-state index is -0.260. The van der Waals surface area contributed by atoms with Gasteiger partial charge in [-0.05, 0) is 56.6 Å². The van der Waals surface area contributed by atoms with Gasteiger partial charge < -0.3 is 10.0 Å². The molecule has 0 bridgehead atoms. The highest BCUT2D eigenvalue weighted by atomic mass is 16.3. The third-order valence-corrected chi connectivity index (χ3v) is 5.54. The molecule has 24 heavy (non-hydrogen) atoms. The lowest BCUT2D eigenvalue weighted by atomic mass is 9.75. The van der Waals surface area contributed by atoms with Crippen LogP contribution in [-0.4, -0.2) is 34.3 Å². The number of Topliss-reactive ketones (excluding diaryl/α,β-unsaturated/α-hetero) is 1. The third kappa shape index (κ3) is 3.53. The fourth-order valence-corrected chi connectivity index (χ4v) is 4.09. The molecule has 1 fully saturated rings. The standard InChI is InChI=1S/C20H25NO3/c1-14(22)16-7-9-17(10-8-16)18(13-15-5-3-2-4-6-15)21-12-11-19(23)20(21)24/h2-6,11,16-18,23H,7-10,12-13H2,1H3. The highest BCUT2D eigenvalue weighted by molar-refractivity contribution is 5.93. The van der Waals surface area contributed by atoms with Crippen molar-refractivity contribution in [1.29, 1.82) is 0 Å². The predicted octanol–water partition coefficient (Wildman–Crippen LogP) is 3.28. The van der Waals surface area contributed by atoms with Crippen molar-refractivity contribution >= 4 is 11.7 Å². The lowest BCUT2D eigenvalue weighted by Crippen LogP contribution is -2.45. The van der Waals surface area contributed by atoms with Crippen LogP contribution >= 0.6 is 0 Å². The topological polar surface area (TPSA) is 57.6 Å². The van der Waals surface area contributed by atoms with Gasteiger partial charge in [0, 0.05) is 18.5 Å². The van der Waals surface area contributed by atoms with Gasteiger partial charge in [-0.25, -0.2) is 0 Å². The summed E-state index contributed by atoms with van der Waals surface area (Å²) in [5.74, 6) is 0.447. The Balaban J connectivity index is 1.75. The Labute approximate surface area is 143 Å². The summed E-state index contributed by atoms with van der Waals surface area (Å²) in [5, 5.41) is 9.72. The number of benzene rings is 1. The zero-order chi connectivity index (χ0) is 17.1. The molecule has 1 aliphatic carbocycles. The summed E-state index contributed by atoms with van der Waals surface area (Å²) in [6.07, 6.45) is 6.14. The van der Waals surface area contributed by atoms with Gasteiger partial charge in [-0.1, -0.05) is 30.3 Å². The van der Waals surface area contributed by atoms with E-state index in [0.717, 1.165) is 32.1 Å². The van der Waals surface area contributed by atoms with Gasteiger partial charge in [0.15, 0.2) is 5.76 Å². The molecule has 1 aromatic carbocycles. The van der Waals surface area contributed by atoms with E-state index in [4.69, 9.17) is 0 Å². The number of nitrogens with zero attached hydrogens (tertiary/aromatic N) is 1. The van der Waals surface area contributed by atoms with E-state index >= 15 is 0 Å². The number of aliphatic hydroxyl groups excluding tert-OH is 1. The summed E-state index contributed by atoms with van der Waals surface area (Å²) in [5.41, 5.74) is 1.20. The zero-order valence-electron chi connectivity index (χ0n) is 14.1. The molecule has 3 rings (SSSR count). The number of rotatable bonds is 5. The van der Waals surface area contributed by atoms with Gasteiger partial charge in [-0.2, -0.15) is 0 Å². The molecule has 1 unspecified atom stereocenters. The summed E-state index contributed by atoms with van der Waals surface area (Å²) in [4.78, 5) is 25.7. The molecule has 0 spiro atoms. The normalized spacial score (nSPS) is 25.5. The number of ketones is 1. The van der Waals surface area contributed by atoms with Crippen LogP contribution in [0.25, 0.3) is 0 Å². The van der Waals surface area contributed by atoms with Gasteiger partial charge in [0.05, 0.1) is 0 Å². The Bertz CT molecular complexity index is 630. The van der Waals surface area contributed by atoms with E-state index in [1.807, 2.05) is 18.2 Å². The molecule has 4 heteroatoms. The van der Waals surface area contributed by atoms with Gasteiger partial charge in [-0.3, -0.25) is 9.59 Å². The second kappa shape index (κ2) is 7.20. The summed E-state index contributed by atoms with van der Waals surface area (Å²) in [7, 11) is 0. The monoisotopic (exact) mass is 327 g/mol. The molecule has 4 nitrogen and oxygen atoms in total. The summed E-state index contributed by atoms with van der Waals surface area (Å²) in [6.45, 7) is 2.16. The van der Waals surface area contributed by atoms with E-state index in [1.54, 1.807) is 17.9 Å². The van der Waals surface area contributed by atoms with Crippen molar-refractivity contribution in [2.24, 2.45) is 11.8 Å². The number of amides is 1. The Kier molecular flexibility index (Phi) is 5.03. The molecular formula is C20H25NO3. The van der Waals surface area contributed by atoms with Crippen molar-refractivity contribution in [1.82, 2.24) is 4.90 Å². The average molecular weight is 327 g/mol. The van der Waals surface area contributed by atoms with Crippen LogP contribution in [0.15, 0.2) is 42.2 Å². The summed E-state index contributed by atoms with van der Waals surface area (Å²) >= 11 is 0. The van der Waals surface area contributed by atoms with Crippen molar-refractivity contribution < 1.29 is 14.7 Å². The molecule has 1 atom stereocenters. The van der Waals surface area contributed by atoms with Crippen molar-refractivity contribution in [3.8, 4) is 0 Å². The van der Waals surface area contributed by atoms with Crippen LogP contribution in [0.3, 0.4) is 0 Å². The lowest BCUT2D eigenvalue weighted by molar-refractivity contribution is -0.131. The highest BCUT2D eigenvalue weighted by Gasteiger charge is 2.37. The average Bonchev–Trinajstić information content (AvgIpc) is 2.93. The minimum absolute atomic E-state index is 0.0775. The molecule has 1 aromatic rings. The molecule has 1 N–H and O–H groups in total. The van der Waals surface area contributed by atoms with Gasteiger partial charge in [0.1, 0.15) is 5.78 Å². The van der Waals surface area contributed by atoms with E-state index in [1.165, 1.54) is 5.56 Å². The van der Waals surface area contributed by atoms with Gasteiger partial charge in [0.2, 0.25) is 0 Å². The van der Waals surface area contributed by atoms with E-state index in [9.17, 15) is 14.7 Å². The van der Waals surface area contributed by atoms with Crippen LogP contribution < -0.4 is 0 Å². The van der Waals surface area contributed by atoms with Crippen molar-refractivity contribution in [2.75, 3.05) is 6.54 Å². The van der Waals surface area contributed by atoms with Crippen LogP contribution in [-0.2, 0) is 16.0 Å². The zero-order valence-corrected chi connectivity index (χ0v) is 14.1. The number of aliphatic hydroxyl groups is 1. The van der Waals surface area contributed by atoms with Crippen LogP contribution in [0.4, 0.5) is 0 Å². The molecule has 1 saturated carbocycles. The smallest absolute Gasteiger partial charge is 0.288 e. The first-order chi connectivity index (χ1) is 11.6. The van der Waals surface area contributed by atoms with Gasteiger partial charge in [0.25, 0.3) is 5.91 Å². The Morgan fingerprint density at radius 3 is 2.42 bits per heavy atom. The quantitative estimate of drug-likeness (QED) is 0.903. The van der Waals surface area contributed by atoms with Crippen LogP contribution in [0.1, 0.15) is 38.2 Å². The maximum atomic E-state index is 12.3. The lowest BCUT2D eigenvalue weighted by Gasteiger charge is -2.38. The van der Waals surface area contributed by atoms with E-state index in [2.05, 4.69) is 12.1 Å². The second-order valence-electron chi connectivity index (χ2n) is 7.03. The fraction of sp³-hybridized carbons (Fsp3) is 0.500. The number of carbonyl (C=O) groups excluding carboxylic acids is 2. The Morgan fingerprint density at radius 1 is 1.21 bits per heavy atom. The molecule has 1 heterocycles. The highest BCUT2D eigenvalue weighted by Crippen LogP contribution is 2.35. The third-order valence-electron chi connectivity index (χ3n) is 5.54. The van der Waals surface area contributed by atoms with E-state index in [-0.39, 0.29) is 29.4 Å². The van der Waals surface area contributed by atoms with Crippen LogP contribution in [0.5, 0.6) is 0 Å². The predicted molar refractivity (Wildman–Crippen MR) is 92.5 cm³/mol. The largest absolute Gasteiger partial charge is 0.503 e. The molecule has 128 valence electrons. The fourth-order valence-electron chi connectivity index (χ4n) is 4.09. The molecule has 0 aromatic heterocycles. The molecule has 1 aliphatic heterocycles. The van der Waals surface area contributed by atoms with Crippen molar-refractivity contribution in [2.45, 2.75) is 45.1 Å². The molecule has 0 saturated heterocycles. The first-order valence-corrected chi connectivity index (χ1v) is 8.80. The molecule has 0 radical (unpaired) electrons. The maximum Gasteiger partial charge on any atom is 0.288 e. The van der Waals surface area contributed by atoms with Crippen LogP contribution in [0.2, 0.25) is 0 Å². The summed E-state index contributed by atoms with van der Waals surface area (Å²) in [6, 6.07) is 10.3. The number of hydrogen-bond donors (Lipinski definition) is 1. The summed E-state index contributed by atoms with van der Waals surface area (Å²) < 4.78 is 0. The van der Waals surface area contributed by atoms with Crippen molar-refractivity contribution in [3.63, 3.8) is 0 Å². The molecule has 1 amide bonds. The van der Waals surface area contributed by atoms with E-state index in [0.29, 0.717) is 12.5 Å². The van der Waals surface area contributed by atoms with Crippen molar-refractivity contribution in [3.05, 3.63) is 47.7 Å². The minimum Gasteiger partial charge on any atom is -0.503 e. The molecule has 2 aliphatic rings. The van der Waals surface area contributed by atoms with Gasteiger partial charge >= 0.3 is 0 Å². The van der Waals surface area contributed by atoms with E-state index < -0.39 is 0 Å². The first kappa shape index (κ1) is 16.7. The first-order valence-electron chi connectivity index (χ1n) is 8.80. The SMILES string of the molecule is CC(=O)C1CCC(C(Cc2ccccc2)N2CC=C(O)C2=O)CC1. The Morgan fingerprint density at radius 2 is 1.88 bits per heavy atom. The Hall–Kier alpha value is -2.10. The number of carbonyl (C=O) groups is 2. The molecular weight excluding hydrogens is 302 g/mol. The van der Waals surface area contributed by atoms with Crippen LogP contribution in [0, 0.1) is 11.8 Å². The second-order valence-corrected chi connectivity index (χ2v) is 7.03.